The maximum absolute atomic E-state index is 2.46. The van der Waals surface area contributed by atoms with Crippen LogP contribution < -0.4 is 0 Å². The standard InChI is InChI=1S/C10H6I4S3/c1-3-5(11)9(15-7(3)13)17-10-6(12)4(2)8(14)16-10/h1-2H3. The van der Waals surface area contributed by atoms with Gasteiger partial charge in [-0.25, -0.2) is 0 Å². The van der Waals surface area contributed by atoms with Crippen molar-refractivity contribution in [1.82, 2.24) is 0 Å². The molecule has 0 aliphatic rings. The Morgan fingerprint density at radius 3 is 1.35 bits per heavy atom. The molecule has 7 heteroatoms. The van der Waals surface area contributed by atoms with Gasteiger partial charge in [0, 0.05) is 7.14 Å². The number of hydrogen-bond donors (Lipinski definition) is 0. The Bertz CT molecular complexity index is 520. The second kappa shape index (κ2) is 6.62. The molecule has 0 saturated carbocycles. The fourth-order valence-electron chi connectivity index (χ4n) is 1.10. The van der Waals surface area contributed by atoms with Crippen molar-refractivity contribution in [2.45, 2.75) is 22.3 Å². The summed E-state index contributed by atoms with van der Waals surface area (Å²) in [5.74, 6) is 0. The molecule has 0 radical (unpaired) electrons. The summed E-state index contributed by atoms with van der Waals surface area (Å²) in [6.45, 7) is 4.41. The molecular formula is C10H6I4S3. The first-order chi connectivity index (χ1) is 7.91. The van der Waals surface area contributed by atoms with Gasteiger partial charge < -0.3 is 0 Å². The van der Waals surface area contributed by atoms with Gasteiger partial charge in [0.25, 0.3) is 0 Å². The van der Waals surface area contributed by atoms with E-state index in [9.17, 15) is 0 Å². The minimum atomic E-state index is 1.41. The Kier molecular flexibility index (Phi) is 6.25. The third-order valence-corrected chi connectivity index (χ3v) is 12.8. The molecule has 0 bridgehead atoms. The van der Waals surface area contributed by atoms with Gasteiger partial charge in [0.05, 0.1) is 14.2 Å². The first-order valence-corrected chi connectivity index (χ1v) is 11.2. The third kappa shape index (κ3) is 3.47. The molecule has 0 aromatic carbocycles. The molecule has 0 saturated heterocycles. The molecule has 2 rings (SSSR count). The van der Waals surface area contributed by atoms with E-state index in [0.717, 1.165) is 0 Å². The van der Waals surface area contributed by atoms with Gasteiger partial charge in [-0.05, 0) is 115 Å². The van der Waals surface area contributed by atoms with Crippen molar-refractivity contribution in [2.75, 3.05) is 0 Å². The van der Waals surface area contributed by atoms with Gasteiger partial charge in [0.15, 0.2) is 0 Å². The summed E-state index contributed by atoms with van der Waals surface area (Å²) in [4.78, 5) is 0. The van der Waals surface area contributed by atoms with Crippen molar-refractivity contribution in [3.63, 3.8) is 0 Å². The Balaban J connectivity index is 2.38. The summed E-state index contributed by atoms with van der Waals surface area (Å²) in [5, 5.41) is 0. The minimum Gasteiger partial charge on any atom is -0.121 e. The molecule has 2 aromatic heterocycles. The molecule has 2 heterocycles. The van der Waals surface area contributed by atoms with Crippen LogP contribution in [0.4, 0.5) is 0 Å². The van der Waals surface area contributed by atoms with E-state index in [0.29, 0.717) is 0 Å². The lowest BCUT2D eigenvalue weighted by atomic mass is 10.4. The first kappa shape index (κ1) is 16.0. The molecule has 2 aromatic rings. The third-order valence-electron chi connectivity index (χ3n) is 2.16. The van der Waals surface area contributed by atoms with Crippen LogP contribution >= 0.6 is 125 Å². The normalized spacial score (nSPS) is 11.2. The number of halogens is 4. The zero-order valence-corrected chi connectivity index (χ0v) is 19.8. The molecule has 17 heavy (non-hydrogen) atoms. The van der Waals surface area contributed by atoms with Crippen LogP contribution in [-0.2, 0) is 0 Å². The largest absolute Gasteiger partial charge is 0.121 e. The smallest absolute Gasteiger partial charge is 0.0802 e. The van der Waals surface area contributed by atoms with E-state index in [1.54, 1.807) is 0 Å². The van der Waals surface area contributed by atoms with Crippen LogP contribution in [0.1, 0.15) is 11.1 Å². The average molecular weight is 730 g/mol. The quantitative estimate of drug-likeness (QED) is 0.301. The summed E-state index contributed by atoms with van der Waals surface area (Å²) in [6.07, 6.45) is 0. The van der Waals surface area contributed by atoms with Crippen molar-refractivity contribution >= 4 is 125 Å². The average Bonchev–Trinajstić information content (AvgIpc) is 2.66. The lowest BCUT2D eigenvalue weighted by molar-refractivity contribution is 1.41. The maximum Gasteiger partial charge on any atom is 0.0802 e. The van der Waals surface area contributed by atoms with Crippen molar-refractivity contribution in [3.8, 4) is 0 Å². The van der Waals surface area contributed by atoms with E-state index in [1.165, 1.54) is 32.5 Å². The topological polar surface area (TPSA) is 0 Å². The van der Waals surface area contributed by atoms with Crippen LogP contribution in [0.5, 0.6) is 0 Å². The molecule has 92 valence electrons. The van der Waals surface area contributed by atoms with Gasteiger partial charge in [0.2, 0.25) is 0 Å². The van der Waals surface area contributed by atoms with Gasteiger partial charge in [-0.1, -0.05) is 11.8 Å². The van der Waals surface area contributed by atoms with Gasteiger partial charge in [-0.2, -0.15) is 0 Å². The van der Waals surface area contributed by atoms with E-state index in [1.807, 2.05) is 34.4 Å². The predicted octanol–water partition coefficient (Wildman–Crippen LogP) is 7.00. The highest BCUT2D eigenvalue weighted by Gasteiger charge is 2.17. The summed E-state index contributed by atoms with van der Waals surface area (Å²) in [6, 6.07) is 0. The van der Waals surface area contributed by atoms with Gasteiger partial charge in [-0.3, -0.25) is 0 Å². The second-order valence-corrected chi connectivity index (χ2v) is 12.7. The van der Waals surface area contributed by atoms with E-state index in [4.69, 9.17) is 0 Å². The minimum absolute atomic E-state index is 1.41. The monoisotopic (exact) mass is 730 g/mol. The molecule has 0 aliphatic carbocycles. The van der Waals surface area contributed by atoms with Crippen LogP contribution in [0.15, 0.2) is 8.42 Å². The Hall–Kier alpha value is 2.67. The number of thiophene rings is 2. The molecule has 0 atom stereocenters. The van der Waals surface area contributed by atoms with E-state index >= 15 is 0 Å². The molecule has 0 N–H and O–H groups in total. The van der Waals surface area contributed by atoms with E-state index in [-0.39, 0.29) is 0 Å². The second-order valence-electron chi connectivity index (χ2n) is 3.31. The van der Waals surface area contributed by atoms with E-state index < -0.39 is 0 Å². The highest BCUT2D eigenvalue weighted by Crippen LogP contribution is 2.46. The zero-order valence-electron chi connectivity index (χ0n) is 8.74. The molecule has 0 fully saturated rings. The van der Waals surface area contributed by atoms with E-state index in [2.05, 4.69) is 104 Å². The molecule has 0 amide bonds. The van der Waals surface area contributed by atoms with Gasteiger partial charge in [-0.15, -0.1) is 22.7 Å². The molecular weight excluding hydrogens is 724 g/mol. The van der Waals surface area contributed by atoms with Crippen molar-refractivity contribution in [2.24, 2.45) is 0 Å². The Morgan fingerprint density at radius 1 is 0.765 bits per heavy atom. The highest BCUT2D eigenvalue weighted by molar-refractivity contribution is 14.1. The van der Waals surface area contributed by atoms with Crippen molar-refractivity contribution in [3.05, 3.63) is 24.0 Å². The SMILES string of the molecule is Cc1c(I)sc(Sc2sc(I)c(C)c2I)c1I. The molecule has 0 spiro atoms. The Labute approximate surface area is 168 Å². The summed E-state index contributed by atoms with van der Waals surface area (Å²) >= 11 is 15.5. The predicted molar refractivity (Wildman–Crippen MR) is 113 cm³/mol. The van der Waals surface area contributed by atoms with Crippen molar-refractivity contribution < 1.29 is 0 Å². The number of hydrogen-bond acceptors (Lipinski definition) is 3. The van der Waals surface area contributed by atoms with Crippen LogP contribution in [0.2, 0.25) is 0 Å². The van der Waals surface area contributed by atoms with Gasteiger partial charge >= 0.3 is 0 Å². The van der Waals surface area contributed by atoms with Gasteiger partial charge in [0.1, 0.15) is 0 Å². The lowest BCUT2D eigenvalue weighted by Crippen LogP contribution is -1.76. The lowest BCUT2D eigenvalue weighted by Gasteiger charge is -1.97. The summed E-state index contributed by atoms with van der Waals surface area (Å²) < 4.78 is 8.52. The zero-order chi connectivity index (χ0) is 12.7. The summed E-state index contributed by atoms with van der Waals surface area (Å²) in [7, 11) is 0. The fraction of sp³-hybridized carbons (Fsp3) is 0.200. The Morgan fingerprint density at radius 2 is 1.12 bits per heavy atom. The van der Waals surface area contributed by atoms with Crippen LogP contribution in [0.3, 0.4) is 0 Å². The van der Waals surface area contributed by atoms with Crippen LogP contribution in [-0.4, -0.2) is 0 Å². The fourth-order valence-corrected chi connectivity index (χ4v) is 10.6. The van der Waals surface area contributed by atoms with Crippen molar-refractivity contribution in [1.29, 1.82) is 0 Å². The highest BCUT2D eigenvalue weighted by atomic mass is 127. The van der Waals surface area contributed by atoms with Crippen LogP contribution in [0.25, 0.3) is 0 Å². The number of rotatable bonds is 2. The van der Waals surface area contributed by atoms with Crippen LogP contribution in [0, 0.1) is 26.8 Å². The maximum atomic E-state index is 2.46. The summed E-state index contributed by atoms with van der Waals surface area (Å²) in [5.41, 5.74) is 2.85. The molecule has 0 aliphatic heterocycles. The molecule has 0 nitrogen and oxygen atoms in total. The first-order valence-electron chi connectivity index (χ1n) is 4.48. The molecule has 0 unspecified atom stereocenters.